The number of allylic oxidation sites excluding steroid dienone is 1. The van der Waals surface area contributed by atoms with Crippen LogP contribution in [0.15, 0.2) is 11.6 Å². The van der Waals surface area contributed by atoms with Crippen LogP contribution < -0.4 is 10.6 Å². The third kappa shape index (κ3) is 4.89. The Morgan fingerprint density at radius 2 is 1.73 bits per heavy atom. The molecule has 0 aromatic carbocycles. The molecule has 0 saturated heterocycles. The highest BCUT2D eigenvalue weighted by atomic mass is 16.5. The minimum Gasteiger partial charge on any atom is -0.451 e. The molecule has 0 aromatic heterocycles. The van der Waals surface area contributed by atoms with Gasteiger partial charge in [-0.05, 0) is 95.3 Å². The Bertz CT molecular complexity index is 679. The van der Waals surface area contributed by atoms with E-state index in [2.05, 4.69) is 16.7 Å². The van der Waals surface area contributed by atoms with Gasteiger partial charge < -0.3 is 15.4 Å². The molecule has 2 amide bonds. The Kier molecular flexibility index (Phi) is 6.49. The number of amides is 2. The summed E-state index contributed by atoms with van der Waals surface area (Å²) >= 11 is 0. The third-order valence-corrected chi connectivity index (χ3v) is 7.72. The lowest BCUT2D eigenvalue weighted by atomic mass is 9.49. The Labute approximate surface area is 179 Å². The molecule has 1 atom stereocenters. The molecular formula is C24H36N2O4. The van der Waals surface area contributed by atoms with Crippen LogP contribution in [0.25, 0.3) is 0 Å². The van der Waals surface area contributed by atoms with Gasteiger partial charge in [-0.1, -0.05) is 11.6 Å². The van der Waals surface area contributed by atoms with Gasteiger partial charge in [0.15, 0.2) is 6.10 Å². The summed E-state index contributed by atoms with van der Waals surface area (Å²) < 4.78 is 5.24. The van der Waals surface area contributed by atoms with Gasteiger partial charge in [0.2, 0.25) is 5.91 Å². The van der Waals surface area contributed by atoms with Crippen LogP contribution in [-0.2, 0) is 19.1 Å². The van der Waals surface area contributed by atoms with Crippen LogP contribution in [0.5, 0.6) is 0 Å². The fraction of sp³-hybridized carbons (Fsp3) is 0.792. The van der Waals surface area contributed by atoms with E-state index >= 15 is 0 Å². The fourth-order valence-electron chi connectivity index (χ4n) is 6.64. The molecule has 4 bridgehead atoms. The number of carbonyl (C=O) groups is 3. The van der Waals surface area contributed by atoms with Gasteiger partial charge in [0.05, 0.1) is 0 Å². The normalized spacial score (nSPS) is 32.8. The van der Waals surface area contributed by atoms with E-state index in [9.17, 15) is 14.4 Å². The Balaban J connectivity index is 1.16. The Morgan fingerprint density at radius 3 is 2.33 bits per heavy atom. The number of esters is 1. The number of carbonyl (C=O) groups excluding carboxylic acids is 3. The monoisotopic (exact) mass is 416 g/mol. The molecule has 166 valence electrons. The molecule has 5 aliphatic carbocycles. The first-order chi connectivity index (χ1) is 14.4. The first-order valence-electron chi connectivity index (χ1n) is 11.9. The molecule has 5 rings (SSSR count). The van der Waals surface area contributed by atoms with Crippen molar-refractivity contribution < 1.29 is 19.1 Å². The van der Waals surface area contributed by atoms with Crippen molar-refractivity contribution in [1.29, 1.82) is 0 Å². The molecule has 0 radical (unpaired) electrons. The van der Waals surface area contributed by atoms with Crippen molar-refractivity contribution in [3.05, 3.63) is 11.6 Å². The maximum absolute atomic E-state index is 12.9. The number of hydrogen-bond acceptors (Lipinski definition) is 4. The Morgan fingerprint density at radius 1 is 1.07 bits per heavy atom. The number of rotatable bonds is 8. The van der Waals surface area contributed by atoms with E-state index in [-0.39, 0.29) is 23.8 Å². The van der Waals surface area contributed by atoms with Crippen molar-refractivity contribution in [2.24, 2.45) is 23.2 Å². The molecule has 4 saturated carbocycles. The summed E-state index contributed by atoms with van der Waals surface area (Å²) in [5, 5.41) is 5.66. The molecule has 30 heavy (non-hydrogen) atoms. The zero-order valence-electron chi connectivity index (χ0n) is 18.2. The SMILES string of the molecule is C[C@@H](OC(=O)CNC(=O)C12CC3CC(CC(C3)C1)C2)C(=O)NCCC1=CCCCC1. The van der Waals surface area contributed by atoms with E-state index in [0.717, 1.165) is 38.5 Å². The molecule has 4 fully saturated rings. The molecule has 0 aliphatic heterocycles. The zero-order valence-corrected chi connectivity index (χ0v) is 18.2. The standard InChI is InChI=1S/C24H36N2O4/c1-16(22(28)25-8-7-17-5-3-2-4-6-17)30-21(27)15-26-23(29)24-12-18-9-19(13-24)11-20(10-18)14-24/h5,16,18-20H,2-4,6-15H2,1H3,(H,25,28)(H,26,29)/t16-,18?,19?,20?,24?/m1/s1. The summed E-state index contributed by atoms with van der Waals surface area (Å²) in [6.07, 6.45) is 13.7. The lowest BCUT2D eigenvalue weighted by molar-refractivity contribution is -0.156. The van der Waals surface area contributed by atoms with Crippen LogP contribution in [0.1, 0.15) is 77.6 Å². The highest BCUT2D eigenvalue weighted by Gasteiger charge is 2.54. The second kappa shape index (κ2) is 9.11. The number of nitrogens with one attached hydrogen (secondary N) is 2. The van der Waals surface area contributed by atoms with Crippen molar-refractivity contribution in [3.8, 4) is 0 Å². The molecule has 0 aromatic rings. The van der Waals surface area contributed by atoms with E-state index in [1.165, 1.54) is 37.7 Å². The smallest absolute Gasteiger partial charge is 0.326 e. The van der Waals surface area contributed by atoms with Crippen LogP contribution in [0.4, 0.5) is 0 Å². The molecule has 0 spiro atoms. The van der Waals surface area contributed by atoms with Crippen molar-refractivity contribution in [2.75, 3.05) is 13.1 Å². The summed E-state index contributed by atoms with van der Waals surface area (Å²) in [7, 11) is 0. The van der Waals surface area contributed by atoms with E-state index < -0.39 is 12.1 Å². The van der Waals surface area contributed by atoms with E-state index in [1.54, 1.807) is 6.92 Å². The van der Waals surface area contributed by atoms with Crippen molar-refractivity contribution in [1.82, 2.24) is 10.6 Å². The van der Waals surface area contributed by atoms with Gasteiger partial charge >= 0.3 is 5.97 Å². The van der Waals surface area contributed by atoms with Gasteiger partial charge in [0.25, 0.3) is 5.91 Å². The van der Waals surface area contributed by atoms with E-state index in [4.69, 9.17) is 4.74 Å². The molecular weight excluding hydrogens is 380 g/mol. The average Bonchev–Trinajstić information content (AvgIpc) is 2.71. The molecule has 6 heteroatoms. The lowest BCUT2D eigenvalue weighted by Gasteiger charge is -2.55. The lowest BCUT2D eigenvalue weighted by Crippen LogP contribution is -2.54. The van der Waals surface area contributed by atoms with E-state index in [0.29, 0.717) is 24.3 Å². The quantitative estimate of drug-likeness (QED) is 0.470. The van der Waals surface area contributed by atoms with Crippen LogP contribution in [0.2, 0.25) is 0 Å². The molecule has 5 aliphatic rings. The maximum Gasteiger partial charge on any atom is 0.326 e. The van der Waals surface area contributed by atoms with Crippen molar-refractivity contribution in [3.63, 3.8) is 0 Å². The first-order valence-corrected chi connectivity index (χ1v) is 11.9. The van der Waals surface area contributed by atoms with Gasteiger partial charge in [-0.3, -0.25) is 14.4 Å². The van der Waals surface area contributed by atoms with Gasteiger partial charge in [-0.2, -0.15) is 0 Å². The minimum atomic E-state index is -0.853. The number of ether oxygens (including phenoxy) is 1. The maximum atomic E-state index is 12.9. The summed E-state index contributed by atoms with van der Waals surface area (Å²) in [5.41, 5.74) is 1.13. The topological polar surface area (TPSA) is 84.5 Å². The largest absolute Gasteiger partial charge is 0.451 e. The fourth-order valence-corrected chi connectivity index (χ4v) is 6.64. The highest BCUT2D eigenvalue weighted by molar-refractivity contribution is 5.88. The zero-order chi connectivity index (χ0) is 21.1. The van der Waals surface area contributed by atoms with Crippen LogP contribution in [0.3, 0.4) is 0 Å². The molecule has 0 unspecified atom stereocenters. The van der Waals surface area contributed by atoms with Crippen LogP contribution in [0, 0.1) is 23.2 Å². The third-order valence-electron chi connectivity index (χ3n) is 7.72. The second-order valence-corrected chi connectivity index (χ2v) is 10.2. The van der Waals surface area contributed by atoms with Crippen molar-refractivity contribution in [2.45, 2.75) is 83.7 Å². The molecule has 2 N–H and O–H groups in total. The summed E-state index contributed by atoms with van der Waals surface area (Å²) in [5.74, 6) is 1.22. The second-order valence-electron chi connectivity index (χ2n) is 10.2. The molecule has 6 nitrogen and oxygen atoms in total. The average molecular weight is 417 g/mol. The first kappa shape index (κ1) is 21.4. The van der Waals surface area contributed by atoms with Gasteiger partial charge in [0.1, 0.15) is 6.54 Å². The highest BCUT2D eigenvalue weighted by Crippen LogP contribution is 2.60. The van der Waals surface area contributed by atoms with Gasteiger partial charge in [-0.15, -0.1) is 0 Å². The van der Waals surface area contributed by atoms with Gasteiger partial charge in [0, 0.05) is 12.0 Å². The van der Waals surface area contributed by atoms with E-state index in [1.807, 2.05) is 0 Å². The predicted octanol–water partition coefficient (Wildman–Crippen LogP) is 3.26. The van der Waals surface area contributed by atoms with Crippen LogP contribution >= 0.6 is 0 Å². The predicted molar refractivity (Wildman–Crippen MR) is 113 cm³/mol. The van der Waals surface area contributed by atoms with Crippen LogP contribution in [-0.4, -0.2) is 37.0 Å². The summed E-state index contributed by atoms with van der Waals surface area (Å²) in [4.78, 5) is 37.3. The number of hydrogen-bond donors (Lipinski definition) is 2. The van der Waals surface area contributed by atoms with Gasteiger partial charge in [-0.25, -0.2) is 0 Å². The molecule has 0 heterocycles. The Hall–Kier alpha value is -1.85. The summed E-state index contributed by atoms with van der Waals surface area (Å²) in [6, 6.07) is 0. The summed E-state index contributed by atoms with van der Waals surface area (Å²) in [6.45, 7) is 1.98. The van der Waals surface area contributed by atoms with Crippen molar-refractivity contribution >= 4 is 17.8 Å². The minimum absolute atomic E-state index is 0.0106.